The zero-order valence-corrected chi connectivity index (χ0v) is 7.93. The first-order chi connectivity index (χ1) is 7.00. The predicted octanol–water partition coefficient (Wildman–Crippen LogP) is 0.141. The first-order valence-corrected chi connectivity index (χ1v) is 4.41. The second kappa shape index (κ2) is 4.86. The Hall–Kier alpha value is -1.46. The number of carboxylic acid groups (broad SMARTS) is 1. The summed E-state index contributed by atoms with van der Waals surface area (Å²) in [7, 11) is 0. The van der Waals surface area contributed by atoms with E-state index >= 15 is 0 Å². The molecule has 2 atom stereocenters. The monoisotopic (exact) mass is 213 g/mol. The van der Waals surface area contributed by atoms with E-state index in [1.54, 1.807) is 0 Å². The van der Waals surface area contributed by atoms with Gasteiger partial charge in [-0.2, -0.15) is 0 Å². The zero-order chi connectivity index (χ0) is 11.4. The Morgan fingerprint density at radius 2 is 1.93 bits per heavy atom. The summed E-state index contributed by atoms with van der Waals surface area (Å²) in [6.07, 6.45) is -1.41. The molecule has 4 N–H and O–H groups in total. The second-order valence-corrected chi connectivity index (χ2v) is 3.28. The normalized spacial score (nSPS) is 14.6. The Labute approximate surface area is 86.1 Å². The van der Waals surface area contributed by atoms with E-state index in [2.05, 4.69) is 0 Å². The number of aliphatic hydroxyl groups is 1. The Bertz CT molecular complexity index is 339. The highest BCUT2D eigenvalue weighted by Gasteiger charge is 2.21. The van der Waals surface area contributed by atoms with E-state index < -0.39 is 18.1 Å². The molecule has 15 heavy (non-hydrogen) atoms. The number of hydrogen-bond acceptors (Lipinski definition) is 3. The van der Waals surface area contributed by atoms with Gasteiger partial charge in [0, 0.05) is 6.04 Å². The molecule has 0 aromatic heterocycles. The quantitative estimate of drug-likeness (QED) is 0.664. The fraction of sp³-hybridized carbons (Fsp3) is 0.300. The average Bonchev–Trinajstić information content (AvgIpc) is 2.20. The summed E-state index contributed by atoms with van der Waals surface area (Å²) in [4.78, 5) is 10.4. The minimum absolute atomic E-state index is 0.188. The lowest BCUT2D eigenvalue weighted by atomic mass is 10.0. The molecule has 5 heteroatoms. The van der Waals surface area contributed by atoms with Gasteiger partial charge in [0.05, 0.1) is 0 Å². The van der Waals surface area contributed by atoms with Gasteiger partial charge < -0.3 is 15.9 Å². The lowest BCUT2D eigenvalue weighted by molar-refractivity contribution is -0.147. The fourth-order valence-electron chi connectivity index (χ4n) is 1.19. The Kier molecular flexibility index (Phi) is 3.76. The molecule has 0 saturated heterocycles. The van der Waals surface area contributed by atoms with Crippen molar-refractivity contribution in [2.24, 2.45) is 5.73 Å². The number of aliphatic hydroxyl groups excluding tert-OH is 1. The zero-order valence-electron chi connectivity index (χ0n) is 7.93. The van der Waals surface area contributed by atoms with E-state index in [9.17, 15) is 9.18 Å². The molecule has 0 amide bonds. The van der Waals surface area contributed by atoms with Gasteiger partial charge in [-0.05, 0) is 24.1 Å². The highest BCUT2D eigenvalue weighted by atomic mass is 19.1. The van der Waals surface area contributed by atoms with E-state index in [4.69, 9.17) is 15.9 Å². The molecule has 82 valence electrons. The van der Waals surface area contributed by atoms with Gasteiger partial charge in [0.25, 0.3) is 0 Å². The van der Waals surface area contributed by atoms with Gasteiger partial charge in [-0.1, -0.05) is 12.1 Å². The topological polar surface area (TPSA) is 83.5 Å². The summed E-state index contributed by atoms with van der Waals surface area (Å²) in [6, 6.07) is 4.63. The molecule has 1 rings (SSSR count). The maximum absolute atomic E-state index is 12.5. The van der Waals surface area contributed by atoms with Crippen LogP contribution in [-0.4, -0.2) is 28.3 Å². The molecule has 1 aromatic carbocycles. The second-order valence-electron chi connectivity index (χ2n) is 3.28. The van der Waals surface area contributed by atoms with E-state index in [1.807, 2.05) is 0 Å². The van der Waals surface area contributed by atoms with Crippen LogP contribution in [0.2, 0.25) is 0 Å². The standard InChI is InChI=1S/C10H12FNO3/c11-7-3-1-6(2-4-7)5-8(12)9(13)10(14)15/h1-4,8-9,13H,5,12H2,(H,14,15). The summed E-state index contributed by atoms with van der Waals surface area (Å²) in [5.74, 6) is -1.73. The van der Waals surface area contributed by atoms with Crippen molar-refractivity contribution in [3.8, 4) is 0 Å². The van der Waals surface area contributed by atoms with Crippen molar-refractivity contribution in [1.82, 2.24) is 0 Å². The SMILES string of the molecule is NC(Cc1ccc(F)cc1)C(O)C(=O)O. The van der Waals surface area contributed by atoms with Crippen molar-refractivity contribution in [2.75, 3.05) is 0 Å². The molecule has 0 aliphatic carbocycles. The smallest absolute Gasteiger partial charge is 0.334 e. The Morgan fingerprint density at radius 1 is 1.40 bits per heavy atom. The third-order valence-corrected chi connectivity index (χ3v) is 2.04. The first kappa shape index (κ1) is 11.6. The molecule has 0 radical (unpaired) electrons. The molecule has 2 unspecified atom stereocenters. The van der Waals surface area contributed by atoms with Gasteiger partial charge in [-0.25, -0.2) is 9.18 Å². The van der Waals surface area contributed by atoms with Gasteiger partial charge in [0.1, 0.15) is 5.82 Å². The van der Waals surface area contributed by atoms with Crippen LogP contribution in [0.4, 0.5) is 4.39 Å². The van der Waals surface area contributed by atoms with Crippen LogP contribution >= 0.6 is 0 Å². The van der Waals surface area contributed by atoms with Crippen LogP contribution in [0.5, 0.6) is 0 Å². The van der Waals surface area contributed by atoms with Gasteiger partial charge >= 0.3 is 5.97 Å². The summed E-state index contributed by atoms with van der Waals surface area (Å²) in [5.41, 5.74) is 6.15. The summed E-state index contributed by atoms with van der Waals surface area (Å²) < 4.78 is 12.5. The molecule has 0 bridgehead atoms. The van der Waals surface area contributed by atoms with Crippen LogP contribution in [0.3, 0.4) is 0 Å². The van der Waals surface area contributed by atoms with Gasteiger partial charge in [-0.3, -0.25) is 0 Å². The molecule has 0 aliphatic rings. The highest BCUT2D eigenvalue weighted by Crippen LogP contribution is 2.06. The molecule has 0 fully saturated rings. The van der Waals surface area contributed by atoms with Crippen molar-refractivity contribution < 1.29 is 19.4 Å². The van der Waals surface area contributed by atoms with E-state index in [0.717, 1.165) is 0 Å². The molecule has 4 nitrogen and oxygen atoms in total. The van der Waals surface area contributed by atoms with Crippen LogP contribution in [0.1, 0.15) is 5.56 Å². The molecule has 0 heterocycles. The Balaban J connectivity index is 2.62. The summed E-state index contributed by atoms with van der Waals surface area (Å²) in [5, 5.41) is 17.6. The number of nitrogens with two attached hydrogens (primary N) is 1. The lowest BCUT2D eigenvalue weighted by Crippen LogP contribution is -2.41. The number of rotatable bonds is 4. The average molecular weight is 213 g/mol. The molecule has 0 spiro atoms. The number of benzene rings is 1. The van der Waals surface area contributed by atoms with Crippen molar-refractivity contribution in [1.29, 1.82) is 0 Å². The van der Waals surface area contributed by atoms with Crippen LogP contribution in [-0.2, 0) is 11.2 Å². The Morgan fingerprint density at radius 3 is 2.40 bits per heavy atom. The number of aliphatic carboxylic acids is 1. The van der Waals surface area contributed by atoms with E-state index in [-0.39, 0.29) is 12.2 Å². The highest BCUT2D eigenvalue weighted by molar-refractivity contribution is 5.72. The maximum atomic E-state index is 12.5. The van der Waals surface area contributed by atoms with E-state index in [1.165, 1.54) is 24.3 Å². The molecule has 0 saturated carbocycles. The largest absolute Gasteiger partial charge is 0.479 e. The van der Waals surface area contributed by atoms with Crippen LogP contribution in [0.15, 0.2) is 24.3 Å². The number of hydrogen-bond donors (Lipinski definition) is 3. The minimum atomic E-state index is -1.60. The molecular weight excluding hydrogens is 201 g/mol. The number of carboxylic acids is 1. The van der Waals surface area contributed by atoms with Crippen molar-refractivity contribution in [3.63, 3.8) is 0 Å². The van der Waals surface area contributed by atoms with E-state index in [0.29, 0.717) is 5.56 Å². The van der Waals surface area contributed by atoms with Crippen LogP contribution < -0.4 is 5.73 Å². The molecule has 0 aliphatic heterocycles. The third kappa shape index (κ3) is 3.30. The van der Waals surface area contributed by atoms with Gasteiger partial charge in [0.15, 0.2) is 6.10 Å². The third-order valence-electron chi connectivity index (χ3n) is 2.04. The van der Waals surface area contributed by atoms with Crippen molar-refractivity contribution >= 4 is 5.97 Å². The summed E-state index contributed by atoms with van der Waals surface area (Å²) in [6.45, 7) is 0. The van der Waals surface area contributed by atoms with Crippen LogP contribution in [0, 0.1) is 5.82 Å². The van der Waals surface area contributed by atoms with Crippen molar-refractivity contribution in [3.05, 3.63) is 35.6 Å². The lowest BCUT2D eigenvalue weighted by Gasteiger charge is -2.14. The first-order valence-electron chi connectivity index (χ1n) is 4.41. The van der Waals surface area contributed by atoms with Crippen molar-refractivity contribution in [2.45, 2.75) is 18.6 Å². The number of halogens is 1. The minimum Gasteiger partial charge on any atom is -0.479 e. The molecule has 1 aromatic rings. The van der Waals surface area contributed by atoms with Crippen LogP contribution in [0.25, 0.3) is 0 Å². The number of carbonyl (C=O) groups is 1. The van der Waals surface area contributed by atoms with Gasteiger partial charge in [0.2, 0.25) is 0 Å². The summed E-state index contributed by atoms with van der Waals surface area (Å²) >= 11 is 0. The maximum Gasteiger partial charge on any atom is 0.334 e. The predicted molar refractivity (Wildman–Crippen MR) is 51.7 cm³/mol. The molecular formula is C10H12FNO3. The van der Waals surface area contributed by atoms with Gasteiger partial charge in [-0.15, -0.1) is 0 Å². The fourth-order valence-corrected chi connectivity index (χ4v) is 1.19.